The third-order valence-corrected chi connectivity index (χ3v) is 3.82. The summed E-state index contributed by atoms with van der Waals surface area (Å²) in [6, 6.07) is 10.8. The Hall–Kier alpha value is -2.03. The topological polar surface area (TPSA) is 42.1 Å². The Bertz CT molecular complexity index is 565. The van der Waals surface area contributed by atoms with Gasteiger partial charge in [0.2, 0.25) is 0 Å². The van der Waals surface area contributed by atoms with Crippen molar-refractivity contribution in [3.05, 3.63) is 53.9 Å². The maximum Gasteiger partial charge on any atom is 0.0607 e. The van der Waals surface area contributed by atoms with Crippen LogP contribution in [0.3, 0.4) is 0 Å². The van der Waals surface area contributed by atoms with Gasteiger partial charge in [0.15, 0.2) is 0 Å². The van der Waals surface area contributed by atoms with E-state index in [4.69, 9.17) is 5.73 Å². The zero-order valence-electron chi connectivity index (χ0n) is 11.2. The van der Waals surface area contributed by atoms with Crippen molar-refractivity contribution >= 4 is 11.4 Å². The van der Waals surface area contributed by atoms with Gasteiger partial charge in [0.1, 0.15) is 0 Å². The standard InChI is InChI=1S/C16H19N3/c1-12-6-7-14(17)16(10-12)19-9-3-5-15(19)13-4-2-8-18-11-13/h2,4,6-8,10-11,15H,3,5,9,17H2,1H3. The summed E-state index contributed by atoms with van der Waals surface area (Å²) in [7, 11) is 0. The van der Waals surface area contributed by atoms with E-state index in [0.717, 1.165) is 17.9 Å². The molecule has 1 unspecified atom stereocenters. The predicted molar refractivity (Wildman–Crippen MR) is 79.1 cm³/mol. The van der Waals surface area contributed by atoms with Crippen LogP contribution in [0.5, 0.6) is 0 Å². The first-order chi connectivity index (χ1) is 9.25. The van der Waals surface area contributed by atoms with Gasteiger partial charge >= 0.3 is 0 Å². The summed E-state index contributed by atoms with van der Waals surface area (Å²) in [5.41, 5.74) is 10.7. The highest BCUT2D eigenvalue weighted by atomic mass is 15.2. The Labute approximate surface area is 114 Å². The summed E-state index contributed by atoms with van der Waals surface area (Å²) in [6.45, 7) is 3.17. The van der Waals surface area contributed by atoms with Gasteiger partial charge in [-0.1, -0.05) is 12.1 Å². The second-order valence-electron chi connectivity index (χ2n) is 5.20. The molecule has 0 aliphatic carbocycles. The highest BCUT2D eigenvalue weighted by molar-refractivity contribution is 5.69. The molecule has 1 aromatic heterocycles. The van der Waals surface area contributed by atoms with Crippen LogP contribution >= 0.6 is 0 Å². The first-order valence-corrected chi connectivity index (χ1v) is 6.78. The van der Waals surface area contributed by atoms with Crippen molar-refractivity contribution in [2.24, 2.45) is 0 Å². The molecule has 1 saturated heterocycles. The van der Waals surface area contributed by atoms with Crippen molar-refractivity contribution in [2.75, 3.05) is 17.2 Å². The average molecular weight is 253 g/mol. The summed E-state index contributed by atoms with van der Waals surface area (Å²) in [6.07, 6.45) is 6.16. The smallest absolute Gasteiger partial charge is 0.0607 e. The lowest BCUT2D eigenvalue weighted by Crippen LogP contribution is -2.23. The van der Waals surface area contributed by atoms with Gasteiger partial charge in [-0.05, 0) is 49.1 Å². The number of nitrogens with zero attached hydrogens (tertiary/aromatic N) is 2. The minimum Gasteiger partial charge on any atom is -0.397 e. The highest BCUT2D eigenvalue weighted by Gasteiger charge is 2.27. The number of hydrogen-bond acceptors (Lipinski definition) is 3. The van der Waals surface area contributed by atoms with E-state index in [0.29, 0.717) is 6.04 Å². The van der Waals surface area contributed by atoms with Gasteiger partial charge in [-0.2, -0.15) is 0 Å². The maximum absolute atomic E-state index is 6.15. The molecule has 1 aromatic carbocycles. The average Bonchev–Trinajstić information content (AvgIpc) is 2.91. The number of benzene rings is 1. The molecule has 3 rings (SSSR count). The molecule has 0 saturated carbocycles. The van der Waals surface area contributed by atoms with Crippen molar-refractivity contribution in [1.29, 1.82) is 0 Å². The molecule has 2 aromatic rings. The van der Waals surface area contributed by atoms with Crippen molar-refractivity contribution in [3.63, 3.8) is 0 Å². The van der Waals surface area contributed by atoms with Crippen molar-refractivity contribution in [1.82, 2.24) is 4.98 Å². The minimum absolute atomic E-state index is 0.401. The quantitative estimate of drug-likeness (QED) is 0.835. The van der Waals surface area contributed by atoms with Gasteiger partial charge in [-0.15, -0.1) is 0 Å². The molecule has 1 aliphatic heterocycles. The normalized spacial score (nSPS) is 18.8. The summed E-state index contributed by atoms with van der Waals surface area (Å²) in [5, 5.41) is 0. The number of rotatable bonds is 2. The van der Waals surface area contributed by atoms with Crippen LogP contribution < -0.4 is 10.6 Å². The highest BCUT2D eigenvalue weighted by Crippen LogP contribution is 2.38. The van der Waals surface area contributed by atoms with E-state index in [9.17, 15) is 0 Å². The largest absolute Gasteiger partial charge is 0.397 e. The third kappa shape index (κ3) is 2.28. The van der Waals surface area contributed by atoms with Crippen LogP contribution in [-0.4, -0.2) is 11.5 Å². The molecule has 3 nitrogen and oxygen atoms in total. The third-order valence-electron chi connectivity index (χ3n) is 3.82. The molecule has 19 heavy (non-hydrogen) atoms. The number of anilines is 2. The van der Waals surface area contributed by atoms with Crippen LogP contribution in [0.1, 0.15) is 30.0 Å². The lowest BCUT2D eigenvalue weighted by molar-refractivity contribution is 0.716. The molecule has 3 heteroatoms. The molecule has 1 fully saturated rings. The van der Waals surface area contributed by atoms with Gasteiger partial charge in [-0.3, -0.25) is 4.98 Å². The first-order valence-electron chi connectivity index (χ1n) is 6.78. The summed E-state index contributed by atoms with van der Waals surface area (Å²) >= 11 is 0. The zero-order valence-corrected chi connectivity index (χ0v) is 11.2. The van der Waals surface area contributed by atoms with Crippen LogP contribution in [0.15, 0.2) is 42.7 Å². The van der Waals surface area contributed by atoms with Gasteiger partial charge < -0.3 is 10.6 Å². The number of aryl methyl sites for hydroxylation is 1. The van der Waals surface area contributed by atoms with Crippen molar-refractivity contribution < 1.29 is 0 Å². The van der Waals surface area contributed by atoms with Gasteiger partial charge in [0.05, 0.1) is 17.4 Å². The van der Waals surface area contributed by atoms with E-state index < -0.39 is 0 Å². The van der Waals surface area contributed by atoms with Crippen LogP contribution in [0.2, 0.25) is 0 Å². The Morgan fingerprint density at radius 1 is 1.32 bits per heavy atom. The molecule has 2 N–H and O–H groups in total. The fourth-order valence-electron chi connectivity index (χ4n) is 2.88. The number of pyridine rings is 1. The van der Waals surface area contributed by atoms with E-state index in [1.807, 2.05) is 24.5 Å². The second kappa shape index (κ2) is 4.92. The van der Waals surface area contributed by atoms with Crippen LogP contribution in [-0.2, 0) is 0 Å². The second-order valence-corrected chi connectivity index (χ2v) is 5.20. The molecular weight excluding hydrogens is 234 g/mol. The molecule has 1 aliphatic rings. The fourth-order valence-corrected chi connectivity index (χ4v) is 2.88. The number of aromatic nitrogens is 1. The monoisotopic (exact) mass is 253 g/mol. The number of nitrogen functional groups attached to an aromatic ring is 1. The minimum atomic E-state index is 0.401. The van der Waals surface area contributed by atoms with Crippen LogP contribution in [0, 0.1) is 6.92 Å². The molecular formula is C16H19N3. The SMILES string of the molecule is Cc1ccc(N)c(N2CCCC2c2cccnc2)c1. The summed E-state index contributed by atoms with van der Waals surface area (Å²) < 4.78 is 0. The van der Waals surface area contributed by atoms with Gasteiger partial charge in [0, 0.05) is 18.9 Å². The fraction of sp³-hybridized carbons (Fsp3) is 0.312. The van der Waals surface area contributed by atoms with Crippen molar-refractivity contribution in [3.8, 4) is 0 Å². The van der Waals surface area contributed by atoms with E-state index >= 15 is 0 Å². The van der Waals surface area contributed by atoms with Crippen LogP contribution in [0.4, 0.5) is 11.4 Å². The molecule has 0 bridgehead atoms. The molecule has 0 radical (unpaired) electrons. The van der Waals surface area contributed by atoms with Crippen molar-refractivity contribution in [2.45, 2.75) is 25.8 Å². The lowest BCUT2D eigenvalue weighted by Gasteiger charge is -2.28. The Morgan fingerprint density at radius 3 is 3.00 bits per heavy atom. The van der Waals surface area contributed by atoms with Gasteiger partial charge in [0.25, 0.3) is 0 Å². The van der Waals surface area contributed by atoms with E-state index in [1.165, 1.54) is 24.0 Å². The Kier molecular flexibility index (Phi) is 3.11. The van der Waals surface area contributed by atoms with Crippen LogP contribution in [0.25, 0.3) is 0 Å². The van der Waals surface area contributed by atoms with Gasteiger partial charge in [-0.25, -0.2) is 0 Å². The lowest BCUT2D eigenvalue weighted by atomic mass is 10.1. The molecule has 2 heterocycles. The number of hydrogen-bond donors (Lipinski definition) is 1. The molecule has 0 amide bonds. The first kappa shape index (κ1) is 12.0. The Morgan fingerprint density at radius 2 is 2.21 bits per heavy atom. The number of nitrogens with two attached hydrogens (primary N) is 1. The summed E-state index contributed by atoms with van der Waals surface area (Å²) in [4.78, 5) is 6.66. The van der Waals surface area contributed by atoms with E-state index in [-0.39, 0.29) is 0 Å². The molecule has 0 spiro atoms. The Balaban J connectivity index is 1.97. The van der Waals surface area contributed by atoms with E-state index in [1.54, 1.807) is 0 Å². The summed E-state index contributed by atoms with van der Waals surface area (Å²) in [5.74, 6) is 0. The van der Waals surface area contributed by atoms with E-state index in [2.05, 4.69) is 35.0 Å². The zero-order chi connectivity index (χ0) is 13.2. The predicted octanol–water partition coefficient (Wildman–Crippen LogP) is 3.31. The molecule has 98 valence electrons. The maximum atomic E-state index is 6.15. The molecule has 1 atom stereocenters.